The molecule has 0 bridgehead atoms. The number of rotatable bonds is 5. The quantitative estimate of drug-likeness (QED) is 0.235. The maximum atomic E-state index is 14.8. The van der Waals surface area contributed by atoms with Crippen LogP contribution < -0.4 is 0 Å². The normalized spacial score (nSPS) is 18.9. The maximum Gasteiger partial charge on any atom is 0.458 e. The van der Waals surface area contributed by atoms with Crippen molar-refractivity contribution >= 4 is 0 Å². The SMILES string of the molecule is CCC/C=C/C1CCC(c2cc(F)c(-c3cc(F)c(C#CC(F)(F)F)c(F)c3)c(F)c2)CC1. The first-order valence-electron chi connectivity index (χ1n) is 10.8. The summed E-state index contributed by atoms with van der Waals surface area (Å²) in [5.74, 6) is -2.24. The van der Waals surface area contributed by atoms with Gasteiger partial charge in [0.1, 0.15) is 23.3 Å². The number of unbranched alkanes of at least 4 members (excludes halogenated alkanes) is 1. The molecular weight excluding hydrogens is 445 g/mol. The number of hydrogen-bond donors (Lipinski definition) is 0. The molecule has 0 aliphatic heterocycles. The third-order valence-electron chi connectivity index (χ3n) is 5.83. The number of benzene rings is 2. The van der Waals surface area contributed by atoms with Gasteiger partial charge in [0.2, 0.25) is 0 Å². The Morgan fingerprint density at radius 3 is 1.97 bits per heavy atom. The van der Waals surface area contributed by atoms with Crippen LogP contribution in [-0.4, -0.2) is 6.18 Å². The molecule has 0 nitrogen and oxygen atoms in total. The molecule has 0 spiro atoms. The number of alkyl halides is 3. The van der Waals surface area contributed by atoms with Crippen molar-refractivity contribution in [2.45, 2.75) is 57.5 Å². The van der Waals surface area contributed by atoms with E-state index in [1.165, 1.54) is 18.1 Å². The van der Waals surface area contributed by atoms with Crippen LogP contribution in [0.25, 0.3) is 11.1 Å². The van der Waals surface area contributed by atoms with Gasteiger partial charge in [0, 0.05) is 5.92 Å². The molecule has 176 valence electrons. The molecule has 0 unspecified atom stereocenters. The summed E-state index contributed by atoms with van der Waals surface area (Å²) in [7, 11) is 0. The summed E-state index contributed by atoms with van der Waals surface area (Å²) in [4.78, 5) is 0. The van der Waals surface area contributed by atoms with Crippen LogP contribution in [0, 0.1) is 41.0 Å². The Labute approximate surface area is 188 Å². The minimum Gasteiger partial charge on any atom is -0.206 e. The van der Waals surface area contributed by atoms with E-state index in [9.17, 15) is 30.7 Å². The smallest absolute Gasteiger partial charge is 0.206 e. The topological polar surface area (TPSA) is 0 Å². The Kier molecular flexibility index (Phi) is 7.88. The Morgan fingerprint density at radius 1 is 0.879 bits per heavy atom. The van der Waals surface area contributed by atoms with Gasteiger partial charge in [0.15, 0.2) is 0 Å². The van der Waals surface area contributed by atoms with Gasteiger partial charge in [-0.25, -0.2) is 17.6 Å². The average molecular weight is 468 g/mol. The van der Waals surface area contributed by atoms with Gasteiger partial charge in [-0.1, -0.05) is 31.4 Å². The minimum absolute atomic E-state index is 0.0210. The van der Waals surface area contributed by atoms with Crippen LogP contribution in [0.2, 0.25) is 0 Å². The molecule has 3 rings (SSSR count). The molecular formula is C26H23F7. The van der Waals surface area contributed by atoms with E-state index in [4.69, 9.17) is 0 Å². The predicted octanol–water partition coefficient (Wildman–Crippen LogP) is 8.45. The lowest BCUT2D eigenvalue weighted by Crippen LogP contribution is -2.12. The fourth-order valence-corrected chi connectivity index (χ4v) is 4.17. The number of hydrogen-bond acceptors (Lipinski definition) is 0. The highest BCUT2D eigenvalue weighted by Gasteiger charge is 2.25. The molecule has 0 heterocycles. The van der Waals surface area contributed by atoms with Crippen molar-refractivity contribution in [1.29, 1.82) is 0 Å². The highest BCUT2D eigenvalue weighted by atomic mass is 19.4. The molecule has 2 aromatic rings. The highest BCUT2D eigenvalue weighted by Crippen LogP contribution is 2.39. The van der Waals surface area contributed by atoms with Crippen LogP contribution in [0.1, 0.15) is 62.5 Å². The Balaban J connectivity index is 1.83. The van der Waals surface area contributed by atoms with Crippen molar-refractivity contribution in [1.82, 2.24) is 0 Å². The number of halogens is 7. The molecule has 0 radical (unpaired) electrons. The van der Waals surface area contributed by atoms with Crippen molar-refractivity contribution < 1.29 is 30.7 Å². The molecule has 0 aromatic heterocycles. The molecule has 1 aliphatic rings. The van der Waals surface area contributed by atoms with Crippen LogP contribution >= 0.6 is 0 Å². The predicted molar refractivity (Wildman–Crippen MR) is 113 cm³/mol. The van der Waals surface area contributed by atoms with Crippen LogP contribution in [0.4, 0.5) is 30.7 Å². The molecule has 2 aromatic carbocycles. The standard InChI is InChI=1S/C26H23F7/c1-2-3-4-5-16-6-8-17(9-7-16)18-12-23(29)25(24(30)13-18)19-14-21(27)20(22(28)15-19)10-11-26(31,32)33/h4-5,12-17H,2-3,6-9H2,1H3/b5-4+. The van der Waals surface area contributed by atoms with Crippen molar-refractivity contribution in [2.24, 2.45) is 5.92 Å². The van der Waals surface area contributed by atoms with Gasteiger partial charge in [-0.3, -0.25) is 0 Å². The first-order valence-corrected chi connectivity index (χ1v) is 10.8. The third-order valence-corrected chi connectivity index (χ3v) is 5.83. The van der Waals surface area contributed by atoms with E-state index in [1.807, 2.05) is 0 Å². The van der Waals surface area contributed by atoms with Crippen LogP contribution in [0.5, 0.6) is 0 Å². The van der Waals surface area contributed by atoms with E-state index < -0.39 is 46.1 Å². The van der Waals surface area contributed by atoms with Gasteiger partial charge < -0.3 is 0 Å². The van der Waals surface area contributed by atoms with Crippen molar-refractivity contribution in [3.63, 3.8) is 0 Å². The molecule has 1 fully saturated rings. The Morgan fingerprint density at radius 2 is 1.45 bits per heavy atom. The summed E-state index contributed by atoms with van der Waals surface area (Å²) in [6.07, 6.45) is 4.90. The second-order valence-corrected chi connectivity index (χ2v) is 8.25. The van der Waals surface area contributed by atoms with E-state index in [2.05, 4.69) is 19.1 Å². The van der Waals surface area contributed by atoms with E-state index in [1.54, 1.807) is 0 Å². The van der Waals surface area contributed by atoms with E-state index in [0.29, 0.717) is 23.6 Å². The summed E-state index contributed by atoms with van der Waals surface area (Å²) in [5.41, 5.74) is -1.71. The largest absolute Gasteiger partial charge is 0.458 e. The summed E-state index contributed by atoms with van der Waals surface area (Å²) in [6, 6.07) is 3.50. The average Bonchev–Trinajstić information content (AvgIpc) is 2.72. The zero-order valence-corrected chi connectivity index (χ0v) is 18.0. The summed E-state index contributed by atoms with van der Waals surface area (Å²) < 4.78 is 94.7. The molecule has 1 saturated carbocycles. The van der Waals surface area contributed by atoms with Gasteiger partial charge >= 0.3 is 6.18 Å². The first-order chi connectivity index (χ1) is 15.6. The molecule has 0 saturated heterocycles. The Hall–Kier alpha value is -2.75. The summed E-state index contributed by atoms with van der Waals surface area (Å²) in [6.45, 7) is 2.10. The summed E-state index contributed by atoms with van der Waals surface area (Å²) in [5, 5.41) is 0. The van der Waals surface area contributed by atoms with Gasteiger partial charge in [0.25, 0.3) is 0 Å². The molecule has 7 heteroatoms. The second-order valence-electron chi connectivity index (χ2n) is 8.25. The second kappa shape index (κ2) is 10.5. The zero-order valence-electron chi connectivity index (χ0n) is 18.0. The van der Waals surface area contributed by atoms with Gasteiger partial charge in [-0.15, -0.1) is 0 Å². The monoisotopic (exact) mass is 468 g/mol. The van der Waals surface area contributed by atoms with Crippen molar-refractivity contribution in [3.05, 3.63) is 70.8 Å². The van der Waals surface area contributed by atoms with E-state index in [-0.39, 0.29) is 5.92 Å². The van der Waals surface area contributed by atoms with Crippen molar-refractivity contribution in [3.8, 4) is 23.0 Å². The number of allylic oxidation sites excluding steroid dienone is 2. The zero-order chi connectivity index (χ0) is 24.2. The molecule has 1 aliphatic carbocycles. The highest BCUT2D eigenvalue weighted by molar-refractivity contribution is 5.67. The minimum atomic E-state index is -4.93. The maximum absolute atomic E-state index is 14.8. The first kappa shape index (κ1) is 24.9. The van der Waals surface area contributed by atoms with Crippen LogP contribution in [-0.2, 0) is 0 Å². The molecule has 0 amide bonds. The molecule has 0 atom stereocenters. The third kappa shape index (κ3) is 6.40. The lowest BCUT2D eigenvalue weighted by molar-refractivity contribution is -0.0696. The lowest BCUT2D eigenvalue weighted by atomic mass is 9.78. The van der Waals surface area contributed by atoms with Crippen molar-refractivity contribution in [2.75, 3.05) is 0 Å². The van der Waals surface area contributed by atoms with Gasteiger partial charge in [-0.2, -0.15) is 13.2 Å². The molecule has 0 N–H and O–H groups in total. The fourth-order valence-electron chi connectivity index (χ4n) is 4.17. The molecule has 33 heavy (non-hydrogen) atoms. The van der Waals surface area contributed by atoms with Gasteiger partial charge in [0.05, 0.1) is 11.1 Å². The Bertz CT molecular complexity index is 1030. The van der Waals surface area contributed by atoms with E-state index >= 15 is 0 Å². The lowest BCUT2D eigenvalue weighted by Gasteiger charge is -2.27. The van der Waals surface area contributed by atoms with Crippen LogP contribution in [0.15, 0.2) is 36.4 Å². The van der Waals surface area contributed by atoms with Gasteiger partial charge in [-0.05, 0) is 79.3 Å². The fraction of sp³-hybridized carbons (Fsp3) is 0.385. The van der Waals surface area contributed by atoms with Crippen LogP contribution in [0.3, 0.4) is 0 Å². The van der Waals surface area contributed by atoms with E-state index in [0.717, 1.165) is 44.4 Å². The summed E-state index contributed by atoms with van der Waals surface area (Å²) >= 11 is 0.